The Kier molecular flexibility index (Phi) is 5.37. The average molecular weight is 292 g/mol. The van der Waals surface area contributed by atoms with Gasteiger partial charge in [-0.15, -0.1) is 23.7 Å². The summed E-state index contributed by atoms with van der Waals surface area (Å²) in [5.41, 5.74) is 5.60. The molecule has 0 bridgehead atoms. The van der Waals surface area contributed by atoms with Crippen molar-refractivity contribution in [2.75, 3.05) is 19.4 Å². The van der Waals surface area contributed by atoms with Crippen LogP contribution >= 0.6 is 23.7 Å². The summed E-state index contributed by atoms with van der Waals surface area (Å²) in [6.07, 6.45) is 2.67. The van der Waals surface area contributed by atoms with E-state index in [4.69, 9.17) is 10.5 Å². The molecule has 0 spiro atoms. The van der Waals surface area contributed by atoms with Gasteiger partial charge in [0, 0.05) is 23.7 Å². The maximum absolute atomic E-state index is 11.5. The van der Waals surface area contributed by atoms with E-state index in [1.54, 1.807) is 6.20 Å². The molecule has 0 amide bonds. The van der Waals surface area contributed by atoms with Crippen LogP contribution < -0.4 is 5.73 Å². The highest BCUT2D eigenvalue weighted by Gasteiger charge is 2.36. The Morgan fingerprint density at radius 1 is 1.72 bits per heavy atom. The number of likely N-dealkylation sites (tertiary alicyclic amines) is 1. The van der Waals surface area contributed by atoms with Crippen LogP contribution in [0.25, 0.3) is 0 Å². The van der Waals surface area contributed by atoms with Gasteiger partial charge in [-0.3, -0.25) is 9.69 Å². The van der Waals surface area contributed by atoms with E-state index < -0.39 is 0 Å². The van der Waals surface area contributed by atoms with E-state index in [2.05, 4.69) is 16.8 Å². The number of carbonyl (C=O) groups excluding carboxylic acids is 1. The van der Waals surface area contributed by atoms with Crippen molar-refractivity contribution in [3.05, 3.63) is 11.1 Å². The molecule has 1 aromatic rings. The number of carbonyl (C=O) groups is 1. The van der Waals surface area contributed by atoms with E-state index in [0.29, 0.717) is 5.13 Å². The number of ether oxygens (including phenoxy) is 1. The molecule has 1 saturated heterocycles. The minimum absolute atomic E-state index is 0. The third kappa shape index (κ3) is 3.13. The molecule has 0 radical (unpaired) electrons. The number of halogens is 1. The van der Waals surface area contributed by atoms with Gasteiger partial charge in [0.1, 0.15) is 0 Å². The van der Waals surface area contributed by atoms with Gasteiger partial charge in [0.15, 0.2) is 5.13 Å². The molecular formula is C11H18ClN3O2S. The van der Waals surface area contributed by atoms with Gasteiger partial charge in [0.25, 0.3) is 0 Å². The molecule has 1 fully saturated rings. The van der Waals surface area contributed by atoms with Gasteiger partial charge in [-0.1, -0.05) is 0 Å². The first-order valence-electron chi connectivity index (χ1n) is 5.64. The predicted molar refractivity (Wildman–Crippen MR) is 73.8 cm³/mol. The second-order valence-corrected chi connectivity index (χ2v) is 5.44. The molecule has 1 aromatic heterocycles. The van der Waals surface area contributed by atoms with Crippen LogP contribution in [-0.2, 0) is 16.1 Å². The smallest absolute Gasteiger partial charge is 0.310 e. The van der Waals surface area contributed by atoms with Crippen LogP contribution in [0.2, 0.25) is 0 Å². The van der Waals surface area contributed by atoms with Gasteiger partial charge < -0.3 is 10.5 Å². The molecular weight excluding hydrogens is 274 g/mol. The predicted octanol–water partition coefficient (Wildman–Crippen LogP) is 1.53. The average Bonchev–Trinajstić information content (AvgIpc) is 2.87. The molecule has 0 aliphatic carbocycles. The van der Waals surface area contributed by atoms with Crippen LogP contribution in [0.1, 0.15) is 18.2 Å². The Hall–Kier alpha value is -0.850. The van der Waals surface area contributed by atoms with Gasteiger partial charge >= 0.3 is 5.97 Å². The Balaban J connectivity index is 0.00000162. The summed E-state index contributed by atoms with van der Waals surface area (Å²) in [7, 11) is 1.45. The molecule has 5 nitrogen and oxygen atoms in total. The molecule has 2 unspecified atom stereocenters. The molecule has 18 heavy (non-hydrogen) atoms. The normalized spacial score (nSPS) is 23.7. The third-order valence-electron chi connectivity index (χ3n) is 3.32. The van der Waals surface area contributed by atoms with Crippen LogP contribution in [0.15, 0.2) is 6.20 Å². The number of esters is 1. The molecule has 1 aliphatic rings. The van der Waals surface area contributed by atoms with Gasteiger partial charge in [0.2, 0.25) is 0 Å². The van der Waals surface area contributed by atoms with Crippen molar-refractivity contribution in [2.45, 2.75) is 25.9 Å². The first-order valence-corrected chi connectivity index (χ1v) is 6.45. The molecule has 102 valence electrons. The quantitative estimate of drug-likeness (QED) is 0.856. The fourth-order valence-corrected chi connectivity index (χ4v) is 3.00. The SMILES string of the molecule is COC(=O)C1CCN(Cc2cnc(N)s2)C1C.Cl. The van der Waals surface area contributed by atoms with Crippen molar-refractivity contribution < 1.29 is 9.53 Å². The van der Waals surface area contributed by atoms with Crippen molar-refractivity contribution in [3.8, 4) is 0 Å². The number of nitrogen functional groups attached to an aromatic ring is 1. The van der Waals surface area contributed by atoms with Gasteiger partial charge in [-0.25, -0.2) is 4.98 Å². The standard InChI is InChI=1S/C11H17N3O2S.ClH/c1-7-9(10(15)16-2)3-4-14(7)6-8-5-13-11(12)17-8;/h5,7,9H,3-4,6H2,1-2H3,(H2,12,13);1H. The third-order valence-corrected chi connectivity index (χ3v) is 4.13. The van der Waals surface area contributed by atoms with Crippen molar-refractivity contribution in [1.82, 2.24) is 9.88 Å². The summed E-state index contributed by atoms with van der Waals surface area (Å²) in [5.74, 6) is -0.117. The van der Waals surface area contributed by atoms with Crippen LogP contribution in [0.4, 0.5) is 5.13 Å². The number of aromatic nitrogens is 1. The van der Waals surface area contributed by atoms with Crippen LogP contribution in [0.5, 0.6) is 0 Å². The van der Waals surface area contributed by atoms with Crippen LogP contribution in [0.3, 0.4) is 0 Å². The van der Waals surface area contributed by atoms with Crippen LogP contribution in [-0.4, -0.2) is 35.5 Å². The van der Waals surface area contributed by atoms with E-state index in [0.717, 1.165) is 24.4 Å². The highest BCUT2D eigenvalue weighted by atomic mass is 35.5. The van der Waals surface area contributed by atoms with E-state index in [-0.39, 0.29) is 30.3 Å². The number of rotatable bonds is 3. The molecule has 2 heterocycles. The zero-order valence-electron chi connectivity index (χ0n) is 10.5. The first kappa shape index (κ1) is 15.2. The molecule has 2 atom stereocenters. The summed E-state index contributed by atoms with van der Waals surface area (Å²) in [6, 6.07) is 0.214. The minimum Gasteiger partial charge on any atom is -0.469 e. The molecule has 7 heteroatoms. The fourth-order valence-electron chi connectivity index (χ4n) is 2.29. The molecule has 2 N–H and O–H groups in total. The maximum Gasteiger partial charge on any atom is 0.310 e. The number of nitrogens with zero attached hydrogens (tertiary/aromatic N) is 2. The van der Waals surface area contributed by atoms with Gasteiger partial charge in [-0.05, 0) is 19.9 Å². The lowest BCUT2D eigenvalue weighted by atomic mass is 10.0. The monoisotopic (exact) mass is 291 g/mol. The zero-order valence-corrected chi connectivity index (χ0v) is 12.1. The van der Waals surface area contributed by atoms with Gasteiger partial charge in [0.05, 0.1) is 13.0 Å². The number of thiazole rings is 1. The zero-order chi connectivity index (χ0) is 12.4. The van der Waals surface area contributed by atoms with Gasteiger partial charge in [-0.2, -0.15) is 0 Å². The number of methoxy groups -OCH3 is 1. The summed E-state index contributed by atoms with van der Waals surface area (Å²) in [6.45, 7) is 3.79. The van der Waals surface area contributed by atoms with E-state index in [1.807, 2.05) is 0 Å². The van der Waals surface area contributed by atoms with Crippen molar-refractivity contribution in [2.24, 2.45) is 5.92 Å². The molecule has 1 aliphatic heterocycles. The topological polar surface area (TPSA) is 68.5 Å². The number of anilines is 1. The largest absolute Gasteiger partial charge is 0.469 e. The summed E-state index contributed by atoms with van der Waals surface area (Å²) >= 11 is 1.50. The summed E-state index contributed by atoms with van der Waals surface area (Å²) in [5, 5.41) is 0.594. The highest BCUT2D eigenvalue weighted by molar-refractivity contribution is 7.15. The van der Waals surface area contributed by atoms with Crippen molar-refractivity contribution >= 4 is 34.8 Å². The first-order chi connectivity index (χ1) is 8.11. The second kappa shape index (κ2) is 6.36. The van der Waals surface area contributed by atoms with Crippen LogP contribution in [0, 0.1) is 5.92 Å². The Morgan fingerprint density at radius 2 is 2.44 bits per heavy atom. The minimum atomic E-state index is -0.108. The lowest BCUT2D eigenvalue weighted by Gasteiger charge is -2.22. The number of hydrogen-bond donors (Lipinski definition) is 1. The molecule has 0 aromatic carbocycles. The van der Waals surface area contributed by atoms with E-state index in [1.165, 1.54) is 18.4 Å². The highest BCUT2D eigenvalue weighted by Crippen LogP contribution is 2.28. The summed E-state index contributed by atoms with van der Waals surface area (Å²) in [4.78, 5) is 19.0. The fraction of sp³-hybridized carbons (Fsp3) is 0.636. The van der Waals surface area contributed by atoms with E-state index in [9.17, 15) is 4.79 Å². The number of nitrogens with two attached hydrogens (primary N) is 1. The number of hydrogen-bond acceptors (Lipinski definition) is 6. The lowest BCUT2D eigenvalue weighted by Crippen LogP contribution is -2.32. The van der Waals surface area contributed by atoms with Crippen molar-refractivity contribution in [1.29, 1.82) is 0 Å². The molecule has 2 rings (SSSR count). The Morgan fingerprint density at radius 3 is 3.00 bits per heavy atom. The Labute approximate surface area is 117 Å². The second-order valence-electron chi connectivity index (χ2n) is 4.29. The summed E-state index contributed by atoms with van der Waals surface area (Å²) < 4.78 is 4.81. The molecule has 0 saturated carbocycles. The lowest BCUT2D eigenvalue weighted by molar-refractivity contribution is -0.146. The van der Waals surface area contributed by atoms with E-state index >= 15 is 0 Å². The Bertz CT molecular complexity index is 413. The van der Waals surface area contributed by atoms with Crippen molar-refractivity contribution in [3.63, 3.8) is 0 Å². The maximum atomic E-state index is 11.5.